The van der Waals surface area contributed by atoms with E-state index in [0.717, 1.165) is 4.47 Å². The molecular weight excluding hydrogens is 299 g/mol. The topological polar surface area (TPSA) is 30.2 Å². The SMILES string of the molecule is O=Cc1cc(Br)c(I)o1. The maximum absolute atomic E-state index is 10.1. The Bertz CT molecular complexity index is 211. The fourth-order valence-electron chi connectivity index (χ4n) is 0.421. The molecule has 0 atom stereocenters. The molecule has 0 saturated carbocycles. The molecule has 2 nitrogen and oxygen atoms in total. The van der Waals surface area contributed by atoms with Gasteiger partial charge in [0.1, 0.15) is 0 Å². The monoisotopic (exact) mass is 300 g/mol. The highest BCUT2D eigenvalue weighted by Gasteiger charge is 2.02. The number of halogens is 2. The molecule has 4 heteroatoms. The van der Waals surface area contributed by atoms with Crippen LogP contribution in [-0.2, 0) is 0 Å². The van der Waals surface area contributed by atoms with E-state index in [1.165, 1.54) is 0 Å². The highest BCUT2D eigenvalue weighted by molar-refractivity contribution is 14.1. The summed E-state index contributed by atoms with van der Waals surface area (Å²) in [6, 6.07) is 1.63. The zero-order chi connectivity index (χ0) is 6.85. The normalized spacial score (nSPS) is 9.56. The van der Waals surface area contributed by atoms with E-state index in [-0.39, 0.29) is 0 Å². The maximum atomic E-state index is 10.1. The molecule has 0 fully saturated rings. The highest BCUT2D eigenvalue weighted by atomic mass is 127. The standard InChI is InChI=1S/C5H2BrIO2/c6-4-1-3(2-8)9-5(4)7/h1-2H. The van der Waals surface area contributed by atoms with Gasteiger partial charge in [-0.05, 0) is 15.9 Å². The molecule has 0 unspecified atom stereocenters. The summed E-state index contributed by atoms with van der Waals surface area (Å²) >= 11 is 5.19. The Morgan fingerprint density at radius 3 is 2.67 bits per heavy atom. The molecule has 1 aromatic heterocycles. The molecule has 48 valence electrons. The summed E-state index contributed by atoms with van der Waals surface area (Å²) in [5.74, 6) is 0.353. The number of furan rings is 1. The van der Waals surface area contributed by atoms with Crippen molar-refractivity contribution in [1.29, 1.82) is 0 Å². The average molecular weight is 301 g/mol. The van der Waals surface area contributed by atoms with E-state index >= 15 is 0 Å². The molecule has 0 amide bonds. The fraction of sp³-hybridized carbons (Fsp3) is 0. The number of aldehydes is 1. The van der Waals surface area contributed by atoms with Crippen LogP contribution in [0.3, 0.4) is 0 Å². The van der Waals surface area contributed by atoms with E-state index in [1.807, 2.05) is 22.6 Å². The van der Waals surface area contributed by atoms with Crippen LogP contribution in [-0.4, -0.2) is 6.29 Å². The van der Waals surface area contributed by atoms with Crippen LogP contribution in [0.1, 0.15) is 10.6 Å². The Kier molecular flexibility index (Phi) is 2.29. The van der Waals surface area contributed by atoms with Crippen molar-refractivity contribution in [1.82, 2.24) is 0 Å². The third kappa shape index (κ3) is 1.54. The lowest BCUT2D eigenvalue weighted by atomic mass is 10.5. The number of hydrogen-bond donors (Lipinski definition) is 0. The molecule has 0 aliphatic carbocycles. The van der Waals surface area contributed by atoms with Gasteiger partial charge in [0.2, 0.25) is 0 Å². The van der Waals surface area contributed by atoms with E-state index in [9.17, 15) is 4.79 Å². The van der Waals surface area contributed by atoms with Crippen molar-refractivity contribution in [2.75, 3.05) is 0 Å². The number of carbonyl (C=O) groups is 1. The summed E-state index contributed by atoms with van der Waals surface area (Å²) < 4.78 is 6.46. The third-order valence-electron chi connectivity index (χ3n) is 0.780. The first kappa shape index (κ1) is 7.27. The van der Waals surface area contributed by atoms with Gasteiger partial charge >= 0.3 is 0 Å². The highest BCUT2D eigenvalue weighted by Crippen LogP contribution is 2.21. The molecule has 1 rings (SSSR count). The lowest BCUT2D eigenvalue weighted by molar-refractivity contribution is 0.109. The Morgan fingerprint density at radius 2 is 2.44 bits per heavy atom. The summed E-state index contributed by atoms with van der Waals surface area (Å²) in [4.78, 5) is 10.1. The summed E-state index contributed by atoms with van der Waals surface area (Å²) in [5, 5.41) is 0. The van der Waals surface area contributed by atoms with Gasteiger partial charge in [0, 0.05) is 28.7 Å². The molecule has 0 bridgehead atoms. The fourth-order valence-corrected chi connectivity index (χ4v) is 1.14. The van der Waals surface area contributed by atoms with Crippen LogP contribution in [0, 0.1) is 3.77 Å². The van der Waals surface area contributed by atoms with Crippen molar-refractivity contribution in [3.05, 3.63) is 20.1 Å². The van der Waals surface area contributed by atoms with Crippen LogP contribution in [0.25, 0.3) is 0 Å². The van der Waals surface area contributed by atoms with Gasteiger partial charge in [0.05, 0.1) is 4.47 Å². The maximum Gasteiger partial charge on any atom is 0.185 e. The number of rotatable bonds is 1. The molecule has 1 heterocycles. The molecule has 0 aliphatic rings. The van der Waals surface area contributed by atoms with Gasteiger partial charge in [-0.25, -0.2) is 0 Å². The zero-order valence-corrected chi connectivity index (χ0v) is 7.97. The van der Waals surface area contributed by atoms with Crippen LogP contribution in [0.4, 0.5) is 0 Å². The zero-order valence-electron chi connectivity index (χ0n) is 4.23. The van der Waals surface area contributed by atoms with Gasteiger partial charge in [0.15, 0.2) is 15.8 Å². The quantitative estimate of drug-likeness (QED) is 0.589. The van der Waals surface area contributed by atoms with Gasteiger partial charge in [-0.1, -0.05) is 0 Å². The second-order valence-electron chi connectivity index (χ2n) is 1.39. The van der Waals surface area contributed by atoms with Crippen LogP contribution in [0.15, 0.2) is 15.0 Å². The Labute approximate surface area is 73.9 Å². The third-order valence-corrected chi connectivity index (χ3v) is 2.91. The minimum absolute atomic E-state index is 0.353. The molecule has 0 N–H and O–H groups in total. The van der Waals surface area contributed by atoms with E-state index in [2.05, 4.69) is 15.9 Å². The van der Waals surface area contributed by atoms with Crippen molar-refractivity contribution in [3.63, 3.8) is 0 Å². The number of hydrogen-bond acceptors (Lipinski definition) is 2. The molecular formula is C5H2BrIO2. The molecule has 1 aromatic rings. The summed E-state index contributed by atoms with van der Waals surface area (Å²) in [6.07, 6.45) is 0.674. The van der Waals surface area contributed by atoms with Crippen molar-refractivity contribution >= 4 is 44.8 Å². The second kappa shape index (κ2) is 2.83. The summed E-state index contributed by atoms with van der Waals surface area (Å²) in [5.41, 5.74) is 0. The molecule has 0 aromatic carbocycles. The predicted molar refractivity (Wildman–Crippen MR) is 44.5 cm³/mol. The molecule has 0 saturated heterocycles. The summed E-state index contributed by atoms with van der Waals surface area (Å²) in [7, 11) is 0. The minimum atomic E-state index is 0.353. The van der Waals surface area contributed by atoms with E-state index in [0.29, 0.717) is 15.8 Å². The average Bonchev–Trinajstić information content (AvgIpc) is 2.13. The largest absolute Gasteiger partial charge is 0.446 e. The lowest BCUT2D eigenvalue weighted by Crippen LogP contribution is -1.66. The van der Waals surface area contributed by atoms with Crippen LogP contribution in [0.2, 0.25) is 0 Å². The minimum Gasteiger partial charge on any atom is -0.446 e. The predicted octanol–water partition coefficient (Wildman–Crippen LogP) is 2.46. The summed E-state index contributed by atoms with van der Waals surface area (Å²) in [6.45, 7) is 0. The Balaban J connectivity index is 3.11. The van der Waals surface area contributed by atoms with Crippen molar-refractivity contribution in [2.24, 2.45) is 0 Å². The first-order valence-electron chi connectivity index (χ1n) is 2.14. The van der Waals surface area contributed by atoms with E-state index < -0.39 is 0 Å². The van der Waals surface area contributed by atoms with Crippen molar-refractivity contribution < 1.29 is 9.21 Å². The first-order chi connectivity index (χ1) is 4.24. The van der Waals surface area contributed by atoms with Gasteiger partial charge < -0.3 is 4.42 Å². The molecule has 0 spiro atoms. The smallest absolute Gasteiger partial charge is 0.185 e. The first-order valence-corrected chi connectivity index (χ1v) is 4.01. The van der Waals surface area contributed by atoms with E-state index in [4.69, 9.17) is 4.42 Å². The molecule has 0 aliphatic heterocycles. The Morgan fingerprint density at radius 1 is 1.78 bits per heavy atom. The van der Waals surface area contributed by atoms with Crippen molar-refractivity contribution in [2.45, 2.75) is 0 Å². The van der Waals surface area contributed by atoms with Crippen molar-refractivity contribution in [3.8, 4) is 0 Å². The van der Waals surface area contributed by atoms with Gasteiger partial charge in [0.25, 0.3) is 0 Å². The molecule has 0 radical (unpaired) electrons. The van der Waals surface area contributed by atoms with E-state index in [1.54, 1.807) is 6.07 Å². The second-order valence-corrected chi connectivity index (χ2v) is 3.22. The van der Waals surface area contributed by atoms with Crippen LogP contribution in [0.5, 0.6) is 0 Å². The van der Waals surface area contributed by atoms with Crippen LogP contribution < -0.4 is 0 Å². The lowest BCUT2D eigenvalue weighted by Gasteiger charge is -1.76. The van der Waals surface area contributed by atoms with Gasteiger partial charge in [-0.15, -0.1) is 0 Å². The van der Waals surface area contributed by atoms with Crippen LogP contribution >= 0.6 is 38.5 Å². The number of carbonyl (C=O) groups excluding carboxylic acids is 1. The molecule has 9 heavy (non-hydrogen) atoms. The Hall–Kier alpha value is 0.160. The van der Waals surface area contributed by atoms with Gasteiger partial charge in [-0.3, -0.25) is 4.79 Å². The van der Waals surface area contributed by atoms with Gasteiger partial charge in [-0.2, -0.15) is 0 Å².